The first-order valence-corrected chi connectivity index (χ1v) is 5.24. The normalized spacial score (nSPS) is 19.2. The number of carbonyl (C=O) groups excluding carboxylic acids is 1. The van der Waals surface area contributed by atoms with E-state index >= 15 is 0 Å². The Balaban J connectivity index is 2.21. The molecule has 1 aromatic rings. The number of hydroxylamine groups is 1. The van der Waals surface area contributed by atoms with Crippen molar-refractivity contribution in [1.82, 2.24) is 0 Å². The lowest BCUT2D eigenvalue weighted by Crippen LogP contribution is -2.25. The Hall–Kier alpha value is -1.39. The van der Waals surface area contributed by atoms with Crippen LogP contribution in [0.5, 0.6) is 0 Å². The SMILES string of the molecule is CC1(C)CC(=O)N(c2ccc(CO)cc2)O1. The van der Waals surface area contributed by atoms with Crippen molar-refractivity contribution in [1.29, 1.82) is 0 Å². The average molecular weight is 221 g/mol. The van der Waals surface area contributed by atoms with Gasteiger partial charge in [0.25, 0.3) is 5.91 Å². The highest BCUT2D eigenvalue weighted by molar-refractivity contribution is 5.93. The summed E-state index contributed by atoms with van der Waals surface area (Å²) in [5.41, 5.74) is 1.08. The molecule has 1 aliphatic rings. The number of hydrogen-bond donors (Lipinski definition) is 1. The molecule has 1 N–H and O–H groups in total. The molecule has 0 unspecified atom stereocenters. The van der Waals surface area contributed by atoms with Gasteiger partial charge in [-0.25, -0.2) is 0 Å². The number of aliphatic hydroxyl groups excluding tert-OH is 1. The maximum absolute atomic E-state index is 11.7. The fraction of sp³-hybridized carbons (Fsp3) is 0.417. The minimum atomic E-state index is -0.438. The molecule has 1 aromatic carbocycles. The summed E-state index contributed by atoms with van der Waals surface area (Å²) in [4.78, 5) is 17.2. The molecule has 0 spiro atoms. The molecule has 1 heterocycles. The van der Waals surface area contributed by atoms with Crippen LogP contribution in [0.25, 0.3) is 0 Å². The Kier molecular flexibility index (Phi) is 2.69. The lowest BCUT2D eigenvalue weighted by Gasteiger charge is -2.19. The predicted octanol–water partition coefficient (Wildman–Crippen LogP) is 1.63. The molecule has 0 radical (unpaired) electrons. The van der Waals surface area contributed by atoms with Gasteiger partial charge in [-0.05, 0) is 31.5 Å². The van der Waals surface area contributed by atoms with Gasteiger partial charge in [-0.2, -0.15) is 5.06 Å². The van der Waals surface area contributed by atoms with Crippen LogP contribution in [0.1, 0.15) is 25.8 Å². The number of amides is 1. The highest BCUT2D eigenvalue weighted by Crippen LogP contribution is 2.30. The van der Waals surface area contributed by atoms with Crippen molar-refractivity contribution in [2.75, 3.05) is 5.06 Å². The second kappa shape index (κ2) is 3.88. The molecule has 4 heteroatoms. The van der Waals surface area contributed by atoms with Crippen LogP contribution < -0.4 is 5.06 Å². The van der Waals surface area contributed by atoms with Gasteiger partial charge in [0.15, 0.2) is 0 Å². The van der Waals surface area contributed by atoms with Gasteiger partial charge in [0.05, 0.1) is 18.7 Å². The Morgan fingerprint density at radius 3 is 2.44 bits per heavy atom. The lowest BCUT2D eigenvalue weighted by molar-refractivity contribution is -0.119. The fourth-order valence-corrected chi connectivity index (χ4v) is 1.70. The smallest absolute Gasteiger partial charge is 0.253 e. The summed E-state index contributed by atoms with van der Waals surface area (Å²) in [6, 6.07) is 7.09. The highest BCUT2D eigenvalue weighted by atomic mass is 16.7. The summed E-state index contributed by atoms with van der Waals surface area (Å²) in [5.74, 6) is -0.0400. The van der Waals surface area contributed by atoms with Crippen LogP contribution in [0.3, 0.4) is 0 Å². The van der Waals surface area contributed by atoms with E-state index in [2.05, 4.69) is 0 Å². The standard InChI is InChI=1S/C12H15NO3/c1-12(2)7-11(15)13(16-12)10-5-3-9(8-14)4-6-10/h3-6,14H,7-8H2,1-2H3. The van der Waals surface area contributed by atoms with E-state index in [1.807, 2.05) is 13.8 Å². The van der Waals surface area contributed by atoms with E-state index in [4.69, 9.17) is 9.94 Å². The molecule has 0 bridgehead atoms. The summed E-state index contributed by atoms with van der Waals surface area (Å²) in [5, 5.41) is 10.2. The van der Waals surface area contributed by atoms with Crippen LogP contribution in [0.2, 0.25) is 0 Å². The topological polar surface area (TPSA) is 49.8 Å². The Labute approximate surface area is 94.4 Å². The molecule has 1 fully saturated rings. The second-order valence-electron chi connectivity index (χ2n) is 4.54. The van der Waals surface area contributed by atoms with Crippen LogP contribution in [0, 0.1) is 0 Å². The van der Waals surface area contributed by atoms with Crippen LogP contribution >= 0.6 is 0 Å². The zero-order valence-electron chi connectivity index (χ0n) is 9.43. The summed E-state index contributed by atoms with van der Waals surface area (Å²) >= 11 is 0. The summed E-state index contributed by atoms with van der Waals surface area (Å²) in [6.45, 7) is 3.76. The van der Waals surface area contributed by atoms with Gasteiger partial charge >= 0.3 is 0 Å². The van der Waals surface area contributed by atoms with Crippen LogP contribution in [0.15, 0.2) is 24.3 Å². The molecule has 4 nitrogen and oxygen atoms in total. The number of aliphatic hydroxyl groups is 1. The minimum absolute atomic E-state index is 0.000572. The quantitative estimate of drug-likeness (QED) is 0.825. The Bertz CT molecular complexity index is 397. The van der Waals surface area contributed by atoms with E-state index in [0.29, 0.717) is 12.1 Å². The van der Waals surface area contributed by atoms with E-state index in [-0.39, 0.29) is 12.5 Å². The molecule has 86 valence electrons. The fourth-order valence-electron chi connectivity index (χ4n) is 1.70. The zero-order valence-corrected chi connectivity index (χ0v) is 9.43. The molecule has 0 aliphatic carbocycles. The first kappa shape index (κ1) is 11.1. The van der Waals surface area contributed by atoms with Crippen LogP contribution in [-0.4, -0.2) is 16.6 Å². The minimum Gasteiger partial charge on any atom is -0.392 e. The molecule has 1 amide bonds. The summed E-state index contributed by atoms with van der Waals surface area (Å²) in [6.07, 6.45) is 0.384. The third-order valence-electron chi connectivity index (χ3n) is 2.50. The number of carbonyl (C=O) groups is 1. The van der Waals surface area contributed by atoms with Crippen molar-refractivity contribution < 1.29 is 14.7 Å². The molecule has 16 heavy (non-hydrogen) atoms. The largest absolute Gasteiger partial charge is 0.392 e. The van der Waals surface area contributed by atoms with Gasteiger partial charge in [-0.3, -0.25) is 9.63 Å². The molecule has 0 aromatic heterocycles. The second-order valence-corrected chi connectivity index (χ2v) is 4.54. The molecule has 1 saturated heterocycles. The molecule has 2 rings (SSSR count). The first-order valence-electron chi connectivity index (χ1n) is 5.24. The van der Waals surface area contributed by atoms with E-state index in [9.17, 15) is 4.79 Å². The maximum Gasteiger partial charge on any atom is 0.253 e. The molecular weight excluding hydrogens is 206 g/mol. The van der Waals surface area contributed by atoms with Gasteiger partial charge in [0, 0.05) is 0 Å². The van der Waals surface area contributed by atoms with Gasteiger partial charge in [-0.1, -0.05) is 12.1 Å². The van der Waals surface area contributed by atoms with E-state index in [1.54, 1.807) is 24.3 Å². The van der Waals surface area contributed by atoms with Crippen molar-refractivity contribution in [3.05, 3.63) is 29.8 Å². The number of benzene rings is 1. The third-order valence-corrected chi connectivity index (χ3v) is 2.50. The van der Waals surface area contributed by atoms with E-state index in [1.165, 1.54) is 5.06 Å². The van der Waals surface area contributed by atoms with Crippen molar-refractivity contribution >= 4 is 11.6 Å². The van der Waals surface area contributed by atoms with Crippen molar-refractivity contribution in [2.45, 2.75) is 32.5 Å². The van der Waals surface area contributed by atoms with E-state index in [0.717, 1.165) is 5.56 Å². The Morgan fingerprint density at radius 1 is 1.38 bits per heavy atom. The molecule has 0 saturated carbocycles. The maximum atomic E-state index is 11.7. The van der Waals surface area contributed by atoms with Crippen molar-refractivity contribution in [3.8, 4) is 0 Å². The molecular formula is C12H15NO3. The van der Waals surface area contributed by atoms with Gasteiger partial charge < -0.3 is 5.11 Å². The number of nitrogens with zero attached hydrogens (tertiary/aromatic N) is 1. The van der Waals surface area contributed by atoms with Gasteiger partial charge in [0.1, 0.15) is 5.60 Å². The average Bonchev–Trinajstić information content (AvgIpc) is 2.52. The van der Waals surface area contributed by atoms with Gasteiger partial charge in [-0.15, -0.1) is 0 Å². The first-order chi connectivity index (χ1) is 7.52. The monoisotopic (exact) mass is 221 g/mol. The molecule has 1 aliphatic heterocycles. The van der Waals surface area contributed by atoms with Crippen LogP contribution in [0.4, 0.5) is 5.69 Å². The summed E-state index contributed by atoms with van der Waals surface area (Å²) in [7, 11) is 0. The predicted molar refractivity (Wildman–Crippen MR) is 59.6 cm³/mol. The molecule has 0 atom stereocenters. The van der Waals surface area contributed by atoms with E-state index < -0.39 is 5.60 Å². The Morgan fingerprint density at radius 2 is 2.00 bits per heavy atom. The van der Waals surface area contributed by atoms with Crippen LogP contribution in [-0.2, 0) is 16.2 Å². The highest BCUT2D eigenvalue weighted by Gasteiger charge is 2.38. The van der Waals surface area contributed by atoms with Gasteiger partial charge in [0.2, 0.25) is 0 Å². The number of hydrogen-bond acceptors (Lipinski definition) is 3. The van der Waals surface area contributed by atoms with Crippen molar-refractivity contribution in [3.63, 3.8) is 0 Å². The number of rotatable bonds is 2. The zero-order chi connectivity index (χ0) is 11.8. The number of anilines is 1. The third kappa shape index (κ3) is 2.08. The van der Waals surface area contributed by atoms with Crippen molar-refractivity contribution in [2.24, 2.45) is 0 Å². The lowest BCUT2D eigenvalue weighted by atomic mass is 10.1. The summed E-state index contributed by atoms with van der Waals surface area (Å²) < 4.78 is 0.